The minimum atomic E-state index is -0.400. The molecular weight excluding hydrogens is 371 g/mol. The van der Waals surface area contributed by atoms with E-state index in [1.807, 2.05) is 17.0 Å². The number of ketones is 1. The summed E-state index contributed by atoms with van der Waals surface area (Å²) in [6.45, 7) is 1.74. The van der Waals surface area contributed by atoms with Crippen LogP contribution in [0.5, 0.6) is 0 Å². The number of Topliss-reactive ketones (excluding diaryl/α,β-unsaturated/α-hetero) is 1. The van der Waals surface area contributed by atoms with Crippen LogP contribution in [0.1, 0.15) is 48.0 Å². The molecule has 0 aromatic heterocycles. The van der Waals surface area contributed by atoms with Crippen molar-refractivity contribution in [1.82, 2.24) is 4.90 Å². The van der Waals surface area contributed by atoms with E-state index in [1.165, 1.54) is 24.3 Å². The summed E-state index contributed by atoms with van der Waals surface area (Å²) in [7, 11) is 0. The number of halogens is 1. The number of carbonyl (C=O) groups is 3. The molecule has 0 bridgehead atoms. The first-order valence-corrected chi connectivity index (χ1v) is 9.96. The van der Waals surface area contributed by atoms with Crippen molar-refractivity contribution in [3.63, 3.8) is 0 Å². The lowest BCUT2D eigenvalue weighted by Crippen LogP contribution is -2.27. The minimum absolute atomic E-state index is 0.0578. The van der Waals surface area contributed by atoms with Crippen molar-refractivity contribution in [2.24, 2.45) is 0 Å². The Labute approximate surface area is 169 Å². The van der Waals surface area contributed by atoms with Gasteiger partial charge in [0.2, 0.25) is 11.8 Å². The highest BCUT2D eigenvalue weighted by Gasteiger charge is 2.17. The molecule has 1 saturated heterocycles. The van der Waals surface area contributed by atoms with Gasteiger partial charge in [-0.3, -0.25) is 14.4 Å². The van der Waals surface area contributed by atoms with Gasteiger partial charge < -0.3 is 10.2 Å². The first kappa shape index (κ1) is 20.7. The molecule has 2 aromatic rings. The molecule has 3 rings (SSSR count). The van der Waals surface area contributed by atoms with Crippen LogP contribution in [-0.2, 0) is 16.0 Å². The van der Waals surface area contributed by atoms with Crippen molar-refractivity contribution in [3.8, 4) is 0 Å². The summed E-state index contributed by atoms with van der Waals surface area (Å²) in [6.07, 6.45) is 3.48. The number of amides is 2. The largest absolute Gasteiger partial charge is 0.343 e. The number of hydrogen-bond donors (Lipinski definition) is 1. The first-order valence-electron chi connectivity index (χ1n) is 9.96. The summed E-state index contributed by atoms with van der Waals surface area (Å²) in [5.41, 5.74) is 2.09. The lowest BCUT2D eigenvalue weighted by Gasteiger charge is -2.15. The number of benzene rings is 2. The van der Waals surface area contributed by atoms with Crippen molar-refractivity contribution in [2.45, 2.75) is 38.5 Å². The zero-order valence-electron chi connectivity index (χ0n) is 16.3. The lowest BCUT2D eigenvalue weighted by atomic mass is 10.1. The van der Waals surface area contributed by atoms with Gasteiger partial charge in [-0.2, -0.15) is 0 Å². The molecule has 2 amide bonds. The predicted molar refractivity (Wildman–Crippen MR) is 109 cm³/mol. The highest BCUT2D eigenvalue weighted by molar-refractivity contribution is 5.99. The maximum Gasteiger partial charge on any atom is 0.224 e. The normalized spacial score (nSPS) is 13.3. The van der Waals surface area contributed by atoms with Crippen molar-refractivity contribution < 1.29 is 18.8 Å². The molecule has 1 N–H and O–H groups in total. The van der Waals surface area contributed by atoms with Crippen LogP contribution in [0.2, 0.25) is 0 Å². The van der Waals surface area contributed by atoms with Crippen LogP contribution in [0, 0.1) is 5.82 Å². The summed E-state index contributed by atoms with van der Waals surface area (Å²) in [5.74, 6) is -0.649. The smallest absolute Gasteiger partial charge is 0.224 e. The van der Waals surface area contributed by atoms with Crippen LogP contribution < -0.4 is 5.32 Å². The first-order chi connectivity index (χ1) is 14.0. The standard InChI is InChI=1S/C23H25FN2O3/c24-19-8-6-18(7-9-19)21(27)12-13-22(28)25-20-10-3-17(4-11-20)5-14-23(29)26-15-1-2-16-26/h3-4,6-11H,1-2,5,12-16H2,(H,25,28). The van der Waals surface area contributed by atoms with Gasteiger partial charge in [0.05, 0.1) is 0 Å². The van der Waals surface area contributed by atoms with Gasteiger partial charge in [0.25, 0.3) is 0 Å². The number of nitrogens with one attached hydrogen (secondary N) is 1. The fraction of sp³-hybridized carbons (Fsp3) is 0.348. The van der Waals surface area contributed by atoms with Crippen LogP contribution in [0.25, 0.3) is 0 Å². The summed E-state index contributed by atoms with van der Waals surface area (Å²) in [6, 6.07) is 12.7. The Bertz CT molecular complexity index is 857. The van der Waals surface area contributed by atoms with Gasteiger partial charge >= 0.3 is 0 Å². The molecule has 0 radical (unpaired) electrons. The van der Waals surface area contributed by atoms with Gasteiger partial charge in [0.1, 0.15) is 5.82 Å². The van der Waals surface area contributed by atoms with Crippen molar-refractivity contribution in [1.29, 1.82) is 0 Å². The summed E-state index contributed by atoms with van der Waals surface area (Å²) >= 11 is 0. The van der Waals surface area contributed by atoms with Crippen LogP contribution >= 0.6 is 0 Å². The van der Waals surface area contributed by atoms with Crippen LogP contribution in [0.4, 0.5) is 10.1 Å². The van der Waals surface area contributed by atoms with E-state index in [4.69, 9.17) is 0 Å². The maximum atomic E-state index is 12.9. The Morgan fingerprint density at radius 3 is 2.17 bits per heavy atom. The molecule has 5 nitrogen and oxygen atoms in total. The molecule has 0 spiro atoms. The number of aryl methyl sites for hydroxylation is 1. The Morgan fingerprint density at radius 1 is 0.862 bits per heavy atom. The molecule has 1 fully saturated rings. The van der Waals surface area contributed by atoms with E-state index in [9.17, 15) is 18.8 Å². The monoisotopic (exact) mass is 396 g/mol. The molecular formula is C23H25FN2O3. The van der Waals surface area contributed by atoms with Gasteiger partial charge in [0, 0.05) is 43.6 Å². The van der Waals surface area contributed by atoms with E-state index < -0.39 is 5.82 Å². The Kier molecular flexibility index (Phi) is 7.11. The number of anilines is 1. The van der Waals surface area contributed by atoms with E-state index in [-0.39, 0.29) is 30.4 Å². The van der Waals surface area contributed by atoms with Gasteiger partial charge in [-0.1, -0.05) is 12.1 Å². The average Bonchev–Trinajstić information content (AvgIpc) is 3.27. The predicted octanol–water partition coefficient (Wildman–Crippen LogP) is 3.98. The van der Waals surface area contributed by atoms with E-state index in [2.05, 4.69) is 5.32 Å². The molecule has 0 saturated carbocycles. The zero-order chi connectivity index (χ0) is 20.6. The quantitative estimate of drug-likeness (QED) is 0.687. The highest BCUT2D eigenvalue weighted by atomic mass is 19.1. The number of rotatable bonds is 8. The molecule has 152 valence electrons. The van der Waals surface area contributed by atoms with E-state index >= 15 is 0 Å². The fourth-order valence-electron chi connectivity index (χ4n) is 3.36. The summed E-state index contributed by atoms with van der Waals surface area (Å²) in [5, 5.41) is 2.77. The van der Waals surface area contributed by atoms with E-state index in [0.29, 0.717) is 24.1 Å². The second kappa shape index (κ2) is 9.96. The topological polar surface area (TPSA) is 66.5 Å². The number of hydrogen-bond acceptors (Lipinski definition) is 3. The minimum Gasteiger partial charge on any atom is -0.343 e. The Balaban J connectivity index is 1.41. The van der Waals surface area contributed by atoms with Gasteiger partial charge in [-0.25, -0.2) is 4.39 Å². The van der Waals surface area contributed by atoms with Crippen molar-refractivity contribution in [3.05, 3.63) is 65.5 Å². The third-order valence-corrected chi connectivity index (χ3v) is 5.07. The molecule has 6 heteroatoms. The summed E-state index contributed by atoms with van der Waals surface area (Å²) < 4.78 is 12.9. The molecule has 0 unspecified atom stereocenters. The SMILES string of the molecule is O=C(CCC(=O)c1ccc(F)cc1)Nc1ccc(CCC(=O)N2CCCC2)cc1. The third-order valence-electron chi connectivity index (χ3n) is 5.07. The third kappa shape index (κ3) is 6.24. The van der Waals surface area contributed by atoms with Gasteiger partial charge in [0.15, 0.2) is 5.78 Å². The second-order valence-corrected chi connectivity index (χ2v) is 7.26. The number of carbonyl (C=O) groups excluding carboxylic acids is 3. The number of likely N-dealkylation sites (tertiary alicyclic amines) is 1. The summed E-state index contributed by atoms with van der Waals surface area (Å²) in [4.78, 5) is 38.1. The fourth-order valence-corrected chi connectivity index (χ4v) is 3.36. The molecule has 1 aliphatic heterocycles. The molecule has 1 aliphatic rings. The molecule has 1 heterocycles. The Hall–Kier alpha value is -3.02. The highest BCUT2D eigenvalue weighted by Crippen LogP contribution is 2.15. The molecule has 2 aromatic carbocycles. The lowest BCUT2D eigenvalue weighted by molar-refractivity contribution is -0.130. The van der Waals surface area contributed by atoms with E-state index in [0.717, 1.165) is 31.5 Å². The van der Waals surface area contributed by atoms with E-state index in [1.54, 1.807) is 12.1 Å². The van der Waals surface area contributed by atoms with Gasteiger partial charge in [-0.15, -0.1) is 0 Å². The average molecular weight is 396 g/mol. The molecule has 0 atom stereocenters. The second-order valence-electron chi connectivity index (χ2n) is 7.26. The van der Waals surface area contributed by atoms with Crippen LogP contribution in [0.3, 0.4) is 0 Å². The molecule has 29 heavy (non-hydrogen) atoms. The zero-order valence-corrected chi connectivity index (χ0v) is 16.3. The Morgan fingerprint density at radius 2 is 1.52 bits per heavy atom. The maximum absolute atomic E-state index is 12.9. The van der Waals surface area contributed by atoms with Crippen LogP contribution in [-0.4, -0.2) is 35.6 Å². The van der Waals surface area contributed by atoms with Crippen LogP contribution in [0.15, 0.2) is 48.5 Å². The molecule has 0 aliphatic carbocycles. The van der Waals surface area contributed by atoms with Crippen molar-refractivity contribution >= 4 is 23.3 Å². The van der Waals surface area contributed by atoms with Gasteiger partial charge in [-0.05, 0) is 61.2 Å². The number of nitrogens with zero attached hydrogens (tertiary/aromatic N) is 1. The van der Waals surface area contributed by atoms with Crippen molar-refractivity contribution in [2.75, 3.05) is 18.4 Å².